The first-order chi connectivity index (χ1) is 9.36. The van der Waals surface area contributed by atoms with Crippen LogP contribution < -0.4 is 5.32 Å². The average molecular weight is 261 g/mol. The highest BCUT2D eigenvalue weighted by Gasteiger charge is 2.20. The van der Waals surface area contributed by atoms with Crippen molar-refractivity contribution in [2.75, 3.05) is 26.7 Å². The Kier molecular flexibility index (Phi) is 4.24. The summed E-state index contributed by atoms with van der Waals surface area (Å²) < 4.78 is 2.43. The smallest absolute Gasteiger partial charge is 0.0335 e. The molecule has 1 atom stereocenters. The molecule has 0 bridgehead atoms. The van der Waals surface area contributed by atoms with Crippen LogP contribution in [0.4, 0.5) is 0 Å². The normalized spacial score (nSPS) is 23.7. The van der Waals surface area contributed by atoms with Crippen molar-refractivity contribution in [3.8, 4) is 0 Å². The lowest BCUT2D eigenvalue weighted by Gasteiger charge is -2.21. The molecule has 2 aliphatic rings. The van der Waals surface area contributed by atoms with Crippen LogP contribution in [-0.4, -0.2) is 36.1 Å². The molecule has 1 aliphatic carbocycles. The third-order valence-electron chi connectivity index (χ3n) is 4.75. The van der Waals surface area contributed by atoms with Gasteiger partial charge >= 0.3 is 0 Å². The van der Waals surface area contributed by atoms with Crippen LogP contribution in [0.3, 0.4) is 0 Å². The summed E-state index contributed by atoms with van der Waals surface area (Å²) in [5.74, 6) is 0. The van der Waals surface area contributed by atoms with Crippen LogP contribution in [0.25, 0.3) is 0 Å². The van der Waals surface area contributed by atoms with E-state index in [0.29, 0.717) is 6.04 Å². The van der Waals surface area contributed by atoms with Gasteiger partial charge in [-0.25, -0.2) is 0 Å². The minimum Gasteiger partial charge on any atom is -0.354 e. The van der Waals surface area contributed by atoms with Crippen molar-refractivity contribution in [2.45, 2.75) is 51.1 Å². The summed E-state index contributed by atoms with van der Waals surface area (Å²) in [5, 5.41) is 3.45. The molecule has 0 radical (unpaired) electrons. The van der Waals surface area contributed by atoms with Gasteiger partial charge in [-0.15, -0.1) is 0 Å². The molecular formula is C16H27N3. The number of nitrogens with zero attached hydrogens (tertiary/aromatic N) is 2. The molecule has 3 rings (SSSR count). The second kappa shape index (κ2) is 6.10. The zero-order valence-electron chi connectivity index (χ0n) is 12.2. The van der Waals surface area contributed by atoms with Crippen molar-refractivity contribution in [3.63, 3.8) is 0 Å². The number of nitrogens with one attached hydrogen (secondary N) is 1. The fraction of sp³-hybridized carbons (Fsp3) is 0.750. The maximum atomic E-state index is 3.45. The van der Waals surface area contributed by atoms with Crippen LogP contribution in [0, 0.1) is 0 Å². The Labute approximate surface area is 117 Å². The molecule has 0 aromatic carbocycles. The summed E-state index contributed by atoms with van der Waals surface area (Å²) in [7, 11) is 2.09. The summed E-state index contributed by atoms with van der Waals surface area (Å²) in [6.07, 6.45) is 12.8. The van der Waals surface area contributed by atoms with E-state index in [-0.39, 0.29) is 0 Å². The lowest BCUT2D eigenvalue weighted by molar-refractivity contribution is 0.325. The summed E-state index contributed by atoms with van der Waals surface area (Å²) in [6.45, 7) is 5.10. The van der Waals surface area contributed by atoms with Crippen molar-refractivity contribution in [3.05, 3.63) is 23.5 Å². The minimum absolute atomic E-state index is 0.587. The molecule has 106 valence electrons. The topological polar surface area (TPSA) is 20.2 Å². The van der Waals surface area contributed by atoms with Crippen molar-refractivity contribution < 1.29 is 0 Å². The quantitative estimate of drug-likeness (QED) is 0.879. The van der Waals surface area contributed by atoms with Crippen LogP contribution in [0.15, 0.2) is 12.4 Å². The summed E-state index contributed by atoms with van der Waals surface area (Å²) >= 11 is 0. The summed E-state index contributed by atoms with van der Waals surface area (Å²) in [4.78, 5) is 2.61. The molecule has 1 aromatic rings. The van der Waals surface area contributed by atoms with Crippen LogP contribution in [0.1, 0.15) is 49.3 Å². The standard InChI is InChI=1S/C16H27N3/c1-17-16-7-4-6-14-12-19(13-15(14)16)11-5-10-18-8-2-3-9-18/h12-13,16-17H,2-11H2,1H3. The van der Waals surface area contributed by atoms with E-state index >= 15 is 0 Å². The third-order valence-corrected chi connectivity index (χ3v) is 4.75. The summed E-state index contributed by atoms with van der Waals surface area (Å²) in [6, 6.07) is 0.587. The molecule has 0 saturated carbocycles. The van der Waals surface area contributed by atoms with Crippen molar-refractivity contribution in [1.29, 1.82) is 0 Å². The molecule has 1 aromatic heterocycles. The van der Waals surface area contributed by atoms with E-state index in [9.17, 15) is 0 Å². The minimum atomic E-state index is 0.587. The fourth-order valence-electron chi connectivity index (χ4n) is 3.66. The number of hydrogen-bond donors (Lipinski definition) is 1. The van der Waals surface area contributed by atoms with Gasteiger partial charge in [-0.2, -0.15) is 0 Å². The largest absolute Gasteiger partial charge is 0.354 e. The van der Waals surface area contributed by atoms with Gasteiger partial charge in [0, 0.05) is 25.0 Å². The Balaban J connectivity index is 1.55. The highest BCUT2D eigenvalue weighted by atomic mass is 15.1. The zero-order chi connectivity index (χ0) is 13.1. The highest BCUT2D eigenvalue weighted by Crippen LogP contribution is 2.30. The molecule has 0 amide bonds. The Morgan fingerprint density at radius 2 is 2.00 bits per heavy atom. The van der Waals surface area contributed by atoms with Gasteiger partial charge in [-0.05, 0) is 76.3 Å². The van der Waals surface area contributed by atoms with Gasteiger partial charge in [0.25, 0.3) is 0 Å². The summed E-state index contributed by atoms with van der Waals surface area (Å²) in [5.41, 5.74) is 3.13. The predicted octanol–water partition coefficient (Wildman–Crippen LogP) is 2.57. The van der Waals surface area contributed by atoms with Crippen LogP contribution in [0.2, 0.25) is 0 Å². The van der Waals surface area contributed by atoms with E-state index in [2.05, 4.69) is 34.2 Å². The Morgan fingerprint density at radius 1 is 1.16 bits per heavy atom. The van der Waals surface area contributed by atoms with Crippen molar-refractivity contribution in [2.24, 2.45) is 0 Å². The van der Waals surface area contributed by atoms with Crippen LogP contribution in [-0.2, 0) is 13.0 Å². The number of aryl methyl sites for hydroxylation is 2. The molecular weight excluding hydrogens is 234 g/mol. The van der Waals surface area contributed by atoms with Gasteiger partial charge in [0.1, 0.15) is 0 Å². The average Bonchev–Trinajstić information content (AvgIpc) is 3.06. The van der Waals surface area contributed by atoms with Crippen LogP contribution in [0.5, 0.6) is 0 Å². The van der Waals surface area contributed by atoms with E-state index in [1.807, 2.05) is 0 Å². The van der Waals surface area contributed by atoms with Gasteiger partial charge in [0.2, 0.25) is 0 Å². The second-order valence-corrected chi connectivity index (χ2v) is 6.11. The number of hydrogen-bond acceptors (Lipinski definition) is 2. The van der Waals surface area contributed by atoms with Crippen molar-refractivity contribution >= 4 is 0 Å². The first kappa shape index (κ1) is 13.2. The van der Waals surface area contributed by atoms with Gasteiger partial charge in [0.15, 0.2) is 0 Å². The Bertz CT molecular complexity index is 404. The van der Waals surface area contributed by atoms with E-state index in [1.54, 1.807) is 11.1 Å². The molecule has 1 N–H and O–H groups in total. The molecule has 19 heavy (non-hydrogen) atoms. The molecule has 3 nitrogen and oxygen atoms in total. The Hall–Kier alpha value is -0.800. The van der Waals surface area contributed by atoms with Gasteiger partial charge in [-0.1, -0.05) is 0 Å². The van der Waals surface area contributed by atoms with E-state index in [0.717, 1.165) is 0 Å². The molecule has 1 aliphatic heterocycles. The number of rotatable bonds is 5. The fourth-order valence-corrected chi connectivity index (χ4v) is 3.66. The lowest BCUT2D eigenvalue weighted by Crippen LogP contribution is -2.21. The van der Waals surface area contributed by atoms with Crippen LogP contribution >= 0.6 is 0 Å². The lowest BCUT2D eigenvalue weighted by atomic mass is 9.91. The molecule has 3 heteroatoms. The molecule has 1 fully saturated rings. The maximum absolute atomic E-state index is 3.45. The first-order valence-electron chi connectivity index (χ1n) is 7.95. The number of likely N-dealkylation sites (tertiary alicyclic amines) is 1. The predicted molar refractivity (Wildman–Crippen MR) is 79.5 cm³/mol. The molecule has 0 spiro atoms. The zero-order valence-corrected chi connectivity index (χ0v) is 12.2. The maximum Gasteiger partial charge on any atom is 0.0335 e. The molecule has 1 unspecified atom stereocenters. The SMILES string of the molecule is CNC1CCCc2cn(CCCN3CCCC3)cc21. The molecule has 1 saturated heterocycles. The monoisotopic (exact) mass is 261 g/mol. The van der Waals surface area contributed by atoms with Gasteiger partial charge in [-0.3, -0.25) is 0 Å². The second-order valence-electron chi connectivity index (χ2n) is 6.11. The van der Waals surface area contributed by atoms with Gasteiger partial charge < -0.3 is 14.8 Å². The third kappa shape index (κ3) is 3.03. The van der Waals surface area contributed by atoms with E-state index in [4.69, 9.17) is 0 Å². The van der Waals surface area contributed by atoms with E-state index in [1.165, 1.54) is 64.7 Å². The van der Waals surface area contributed by atoms with Crippen molar-refractivity contribution in [1.82, 2.24) is 14.8 Å². The first-order valence-corrected chi connectivity index (χ1v) is 7.95. The van der Waals surface area contributed by atoms with Gasteiger partial charge in [0.05, 0.1) is 0 Å². The Morgan fingerprint density at radius 3 is 2.79 bits per heavy atom. The number of fused-ring (bicyclic) bond motifs is 1. The number of aromatic nitrogens is 1. The van der Waals surface area contributed by atoms with E-state index < -0.39 is 0 Å². The highest BCUT2D eigenvalue weighted by molar-refractivity contribution is 5.30. The molecule has 2 heterocycles.